The van der Waals surface area contributed by atoms with Crippen molar-refractivity contribution in [3.05, 3.63) is 54.1 Å². The second kappa shape index (κ2) is 8.06. The number of benzene rings is 2. The molecule has 0 radical (unpaired) electrons. The van der Waals surface area contributed by atoms with Crippen molar-refractivity contribution in [3.8, 4) is 11.5 Å². The number of ether oxygens (including phenoxy) is 2. The lowest BCUT2D eigenvalue weighted by atomic mass is 9.98. The fourth-order valence-corrected chi connectivity index (χ4v) is 3.78. The van der Waals surface area contributed by atoms with Gasteiger partial charge in [0.2, 0.25) is 0 Å². The maximum Gasteiger partial charge on any atom is 0.321 e. The van der Waals surface area contributed by atoms with Gasteiger partial charge in [0.1, 0.15) is 22.9 Å². The number of likely N-dealkylation sites (tertiary alicyclic amines) is 1. The highest BCUT2D eigenvalue weighted by molar-refractivity contribution is 6.46. The Kier molecular flexibility index (Phi) is 5.31. The van der Waals surface area contributed by atoms with E-state index in [0.29, 0.717) is 48.8 Å². The van der Waals surface area contributed by atoms with Crippen LogP contribution in [0, 0.1) is 0 Å². The zero-order chi connectivity index (χ0) is 21.1. The highest BCUT2D eigenvalue weighted by atomic mass is 16.5. The molecule has 2 heterocycles. The third-order valence-corrected chi connectivity index (χ3v) is 5.46. The van der Waals surface area contributed by atoms with Gasteiger partial charge in [-0.1, -0.05) is 30.3 Å². The number of hydrogen-bond donors (Lipinski definition) is 2. The van der Waals surface area contributed by atoms with Crippen LogP contribution in [-0.2, 0) is 4.79 Å². The van der Waals surface area contributed by atoms with E-state index < -0.39 is 5.66 Å². The number of carbonyl (C=O) groups excluding carboxylic acids is 2. The van der Waals surface area contributed by atoms with Crippen LogP contribution < -0.4 is 20.1 Å². The topological polar surface area (TPSA) is 92.3 Å². The molecule has 0 atom stereocenters. The Hall–Kier alpha value is -3.55. The number of nitrogens with one attached hydrogen (secondary N) is 2. The summed E-state index contributed by atoms with van der Waals surface area (Å²) in [4.78, 5) is 31.7. The van der Waals surface area contributed by atoms with Gasteiger partial charge in [0.25, 0.3) is 5.91 Å². The summed E-state index contributed by atoms with van der Waals surface area (Å²) < 4.78 is 10.5. The average molecular weight is 408 g/mol. The molecule has 2 aromatic rings. The van der Waals surface area contributed by atoms with E-state index in [2.05, 4.69) is 10.6 Å². The van der Waals surface area contributed by atoms with Crippen molar-refractivity contribution in [2.45, 2.75) is 18.5 Å². The second-order valence-corrected chi connectivity index (χ2v) is 7.30. The number of methoxy groups -OCH3 is 2. The molecule has 1 spiro atoms. The van der Waals surface area contributed by atoms with Gasteiger partial charge in [-0.3, -0.25) is 9.79 Å². The smallest absolute Gasteiger partial charge is 0.321 e. The molecule has 2 aliphatic heterocycles. The molecule has 8 nitrogen and oxygen atoms in total. The molecule has 4 rings (SSSR count). The van der Waals surface area contributed by atoms with Gasteiger partial charge in [-0.2, -0.15) is 0 Å². The first-order valence-corrected chi connectivity index (χ1v) is 9.79. The number of nitrogens with zero attached hydrogens (tertiary/aromatic N) is 2. The molecule has 2 aliphatic rings. The Morgan fingerprint density at radius 2 is 1.83 bits per heavy atom. The van der Waals surface area contributed by atoms with Crippen molar-refractivity contribution in [1.82, 2.24) is 10.2 Å². The van der Waals surface area contributed by atoms with E-state index in [1.165, 1.54) is 0 Å². The molecule has 3 amide bonds. The molecule has 2 aromatic carbocycles. The standard InChI is InChI=1S/C22H24N4O4/c1-29-16-8-9-18(30-2)17(14-16)23-21(28)26-12-10-22(11-13-26)24-19(20(27)25-22)15-6-4-3-5-7-15/h3-9,14H,10-13H2,1-2H3,(H,23,28)(H,25,27). The molecular weight excluding hydrogens is 384 g/mol. The maximum atomic E-state index is 12.8. The van der Waals surface area contributed by atoms with Crippen molar-refractivity contribution in [1.29, 1.82) is 0 Å². The normalized spacial score (nSPS) is 17.3. The summed E-state index contributed by atoms with van der Waals surface area (Å²) >= 11 is 0. The first kappa shape index (κ1) is 19.8. The van der Waals surface area contributed by atoms with Gasteiger partial charge in [-0.25, -0.2) is 4.79 Å². The molecular formula is C22H24N4O4. The van der Waals surface area contributed by atoms with Gasteiger partial charge < -0.3 is 25.0 Å². The van der Waals surface area contributed by atoms with Gasteiger partial charge in [0.15, 0.2) is 0 Å². The van der Waals surface area contributed by atoms with E-state index in [1.54, 1.807) is 37.3 Å². The van der Waals surface area contributed by atoms with E-state index in [4.69, 9.17) is 14.5 Å². The minimum absolute atomic E-state index is 0.166. The molecule has 0 saturated carbocycles. The predicted octanol–water partition coefficient (Wildman–Crippen LogP) is 2.65. The Labute approximate surface area is 174 Å². The zero-order valence-corrected chi connectivity index (χ0v) is 17.0. The molecule has 156 valence electrons. The minimum atomic E-state index is -0.646. The van der Waals surface area contributed by atoms with Gasteiger partial charge in [-0.15, -0.1) is 0 Å². The largest absolute Gasteiger partial charge is 0.497 e. The van der Waals surface area contributed by atoms with E-state index in [9.17, 15) is 9.59 Å². The summed E-state index contributed by atoms with van der Waals surface area (Å²) in [5.74, 6) is 1.01. The van der Waals surface area contributed by atoms with Crippen LogP contribution in [0.2, 0.25) is 0 Å². The van der Waals surface area contributed by atoms with Crippen LogP contribution in [-0.4, -0.2) is 55.5 Å². The van der Waals surface area contributed by atoms with Crippen molar-refractivity contribution in [2.75, 3.05) is 32.6 Å². The van der Waals surface area contributed by atoms with E-state index in [1.807, 2.05) is 30.3 Å². The quantitative estimate of drug-likeness (QED) is 0.814. The maximum absolute atomic E-state index is 12.8. The third kappa shape index (κ3) is 3.80. The number of anilines is 1. The molecule has 1 fully saturated rings. The molecule has 30 heavy (non-hydrogen) atoms. The van der Waals surface area contributed by atoms with Gasteiger partial charge in [0, 0.05) is 37.6 Å². The predicted molar refractivity (Wildman–Crippen MR) is 113 cm³/mol. The Morgan fingerprint density at radius 1 is 1.10 bits per heavy atom. The Morgan fingerprint density at radius 3 is 2.50 bits per heavy atom. The highest BCUT2D eigenvalue weighted by Crippen LogP contribution is 2.31. The van der Waals surface area contributed by atoms with Crippen molar-refractivity contribution < 1.29 is 19.1 Å². The van der Waals surface area contributed by atoms with Crippen LogP contribution in [0.5, 0.6) is 11.5 Å². The SMILES string of the molecule is COc1ccc(OC)c(NC(=O)N2CCC3(CC2)N=C(c2ccccc2)C(=O)N3)c1. The first-order chi connectivity index (χ1) is 14.5. The van der Waals surface area contributed by atoms with Crippen LogP contribution in [0.15, 0.2) is 53.5 Å². The number of hydrogen-bond acceptors (Lipinski definition) is 5. The van der Waals surface area contributed by atoms with E-state index in [-0.39, 0.29) is 11.9 Å². The highest BCUT2D eigenvalue weighted by Gasteiger charge is 2.42. The van der Waals surface area contributed by atoms with Crippen LogP contribution in [0.25, 0.3) is 0 Å². The van der Waals surface area contributed by atoms with Gasteiger partial charge in [-0.05, 0) is 12.1 Å². The number of urea groups is 1. The summed E-state index contributed by atoms with van der Waals surface area (Å²) in [5, 5.41) is 5.91. The molecule has 1 saturated heterocycles. The van der Waals surface area contributed by atoms with Crippen LogP contribution in [0.1, 0.15) is 18.4 Å². The summed E-state index contributed by atoms with van der Waals surface area (Å²) in [6, 6.07) is 14.4. The number of aliphatic imine (C=N–C) groups is 1. The Balaban J connectivity index is 1.43. The zero-order valence-electron chi connectivity index (χ0n) is 17.0. The van der Waals surface area contributed by atoms with Gasteiger partial charge >= 0.3 is 6.03 Å². The first-order valence-electron chi connectivity index (χ1n) is 9.79. The molecule has 0 unspecified atom stereocenters. The summed E-state index contributed by atoms with van der Waals surface area (Å²) in [6.45, 7) is 0.952. The number of rotatable bonds is 4. The summed E-state index contributed by atoms with van der Waals surface area (Å²) in [7, 11) is 3.12. The third-order valence-electron chi connectivity index (χ3n) is 5.46. The fourth-order valence-electron chi connectivity index (χ4n) is 3.78. The lowest BCUT2D eigenvalue weighted by Gasteiger charge is -2.37. The number of piperidine rings is 1. The lowest BCUT2D eigenvalue weighted by Crippen LogP contribution is -2.53. The summed E-state index contributed by atoms with van der Waals surface area (Å²) in [6.07, 6.45) is 1.11. The molecule has 0 aliphatic carbocycles. The average Bonchev–Trinajstić information content (AvgIpc) is 3.10. The minimum Gasteiger partial charge on any atom is -0.497 e. The van der Waals surface area contributed by atoms with Crippen molar-refractivity contribution >= 4 is 23.3 Å². The van der Waals surface area contributed by atoms with Crippen LogP contribution in [0.3, 0.4) is 0 Å². The lowest BCUT2D eigenvalue weighted by molar-refractivity contribution is -0.115. The van der Waals surface area contributed by atoms with Crippen LogP contribution in [0.4, 0.5) is 10.5 Å². The second-order valence-electron chi connectivity index (χ2n) is 7.30. The number of amides is 3. The van der Waals surface area contributed by atoms with Gasteiger partial charge in [0.05, 0.1) is 19.9 Å². The molecule has 8 heteroatoms. The fraction of sp³-hybridized carbons (Fsp3) is 0.318. The molecule has 0 bridgehead atoms. The monoisotopic (exact) mass is 408 g/mol. The van der Waals surface area contributed by atoms with E-state index in [0.717, 1.165) is 5.56 Å². The van der Waals surface area contributed by atoms with Crippen molar-refractivity contribution in [2.24, 2.45) is 4.99 Å². The van der Waals surface area contributed by atoms with Crippen molar-refractivity contribution in [3.63, 3.8) is 0 Å². The summed E-state index contributed by atoms with van der Waals surface area (Å²) in [5.41, 5.74) is 1.15. The molecule has 0 aromatic heterocycles. The molecule has 2 N–H and O–H groups in total. The number of carbonyl (C=O) groups is 2. The van der Waals surface area contributed by atoms with E-state index >= 15 is 0 Å². The van der Waals surface area contributed by atoms with Crippen LogP contribution >= 0.6 is 0 Å². The Bertz CT molecular complexity index is 982.